The topological polar surface area (TPSA) is 92.1 Å². The molecule has 5 rings (SSSR count). The smallest absolute Gasteiger partial charge is 0.254 e. The summed E-state index contributed by atoms with van der Waals surface area (Å²) in [6.45, 7) is 2.65. The predicted octanol–water partition coefficient (Wildman–Crippen LogP) is 2.76. The van der Waals surface area contributed by atoms with Crippen molar-refractivity contribution in [1.82, 2.24) is 29.9 Å². The Kier molecular flexibility index (Phi) is 5.44. The van der Waals surface area contributed by atoms with Crippen molar-refractivity contribution in [3.05, 3.63) is 84.8 Å². The van der Waals surface area contributed by atoms with Gasteiger partial charge in [0.1, 0.15) is 5.82 Å². The number of carbonyl (C=O) groups excluding carboxylic acids is 1. The fourth-order valence-corrected chi connectivity index (χ4v) is 3.65. The first-order valence-corrected chi connectivity index (χ1v) is 10.4. The molecule has 1 saturated heterocycles. The van der Waals surface area contributed by atoms with Crippen LogP contribution in [0.1, 0.15) is 10.4 Å². The number of amides is 1. The van der Waals surface area contributed by atoms with Gasteiger partial charge < -0.3 is 15.1 Å². The maximum atomic E-state index is 13.0. The normalized spacial score (nSPS) is 13.8. The van der Waals surface area contributed by atoms with Crippen molar-refractivity contribution >= 4 is 23.4 Å². The molecule has 32 heavy (non-hydrogen) atoms. The van der Waals surface area contributed by atoms with Gasteiger partial charge >= 0.3 is 0 Å². The van der Waals surface area contributed by atoms with Gasteiger partial charge in [-0.1, -0.05) is 12.1 Å². The van der Waals surface area contributed by atoms with Crippen molar-refractivity contribution in [3.63, 3.8) is 0 Å². The van der Waals surface area contributed by atoms with E-state index in [9.17, 15) is 4.79 Å². The van der Waals surface area contributed by atoms with E-state index >= 15 is 0 Å². The number of hydrogen-bond acceptors (Lipinski definition) is 7. The minimum absolute atomic E-state index is 0.0275. The zero-order valence-electron chi connectivity index (χ0n) is 17.4. The minimum atomic E-state index is 0.0275. The summed E-state index contributed by atoms with van der Waals surface area (Å²) in [5.41, 5.74) is 1.53. The third-order valence-corrected chi connectivity index (χ3v) is 5.32. The average molecular weight is 426 g/mol. The Bertz CT molecular complexity index is 1170. The van der Waals surface area contributed by atoms with Gasteiger partial charge in [0.05, 0.1) is 5.69 Å². The zero-order chi connectivity index (χ0) is 21.8. The van der Waals surface area contributed by atoms with Crippen molar-refractivity contribution in [2.24, 2.45) is 0 Å². The molecule has 0 spiro atoms. The fraction of sp³-hybridized carbons (Fsp3) is 0.174. The van der Waals surface area contributed by atoms with Crippen LogP contribution in [0.25, 0.3) is 5.69 Å². The summed E-state index contributed by atoms with van der Waals surface area (Å²) in [5, 5.41) is 16.0. The number of aromatic nitrogens is 5. The van der Waals surface area contributed by atoms with Crippen LogP contribution in [0, 0.1) is 0 Å². The Morgan fingerprint density at radius 1 is 0.844 bits per heavy atom. The maximum Gasteiger partial charge on any atom is 0.254 e. The maximum absolute atomic E-state index is 13.0. The molecule has 1 fully saturated rings. The van der Waals surface area contributed by atoms with E-state index in [0.717, 1.165) is 17.3 Å². The average Bonchev–Trinajstić information content (AvgIpc) is 3.40. The van der Waals surface area contributed by atoms with E-state index in [1.165, 1.54) is 0 Å². The molecule has 9 heteroatoms. The van der Waals surface area contributed by atoms with Crippen molar-refractivity contribution in [1.29, 1.82) is 0 Å². The molecule has 1 aliphatic rings. The molecule has 1 amide bonds. The van der Waals surface area contributed by atoms with Gasteiger partial charge in [-0.25, -0.2) is 9.67 Å². The summed E-state index contributed by atoms with van der Waals surface area (Å²) >= 11 is 0. The van der Waals surface area contributed by atoms with E-state index in [0.29, 0.717) is 37.6 Å². The van der Waals surface area contributed by atoms with Crippen LogP contribution in [0.3, 0.4) is 0 Å². The fourth-order valence-electron chi connectivity index (χ4n) is 3.65. The van der Waals surface area contributed by atoms with Crippen LogP contribution < -0.4 is 10.2 Å². The molecule has 0 saturated carbocycles. The van der Waals surface area contributed by atoms with E-state index in [-0.39, 0.29) is 5.91 Å². The molecule has 0 unspecified atom stereocenters. The van der Waals surface area contributed by atoms with Gasteiger partial charge in [-0.2, -0.15) is 5.10 Å². The number of hydrogen-bond donors (Lipinski definition) is 1. The van der Waals surface area contributed by atoms with Gasteiger partial charge in [0.2, 0.25) is 0 Å². The molecule has 0 aliphatic carbocycles. The summed E-state index contributed by atoms with van der Waals surface area (Å²) in [6.07, 6.45) is 5.30. The highest BCUT2D eigenvalue weighted by molar-refractivity contribution is 5.95. The second-order valence-corrected chi connectivity index (χ2v) is 7.40. The Morgan fingerprint density at radius 3 is 2.47 bits per heavy atom. The van der Waals surface area contributed by atoms with E-state index in [2.05, 4.69) is 30.5 Å². The second-order valence-electron chi connectivity index (χ2n) is 7.40. The van der Waals surface area contributed by atoms with Crippen molar-refractivity contribution < 1.29 is 4.79 Å². The summed E-state index contributed by atoms with van der Waals surface area (Å²) in [6, 6.07) is 18.9. The predicted molar refractivity (Wildman–Crippen MR) is 121 cm³/mol. The molecule has 9 nitrogen and oxygen atoms in total. The minimum Gasteiger partial charge on any atom is -0.352 e. The lowest BCUT2D eigenvalue weighted by molar-refractivity contribution is 0.0746. The Labute approximate surface area is 185 Å². The molecular weight excluding hydrogens is 404 g/mol. The van der Waals surface area contributed by atoms with E-state index in [1.807, 2.05) is 71.8 Å². The second kappa shape index (κ2) is 8.84. The lowest BCUT2D eigenvalue weighted by Crippen LogP contribution is -2.49. The summed E-state index contributed by atoms with van der Waals surface area (Å²) < 4.78 is 1.75. The highest BCUT2D eigenvalue weighted by Gasteiger charge is 2.23. The van der Waals surface area contributed by atoms with E-state index < -0.39 is 0 Å². The van der Waals surface area contributed by atoms with Gasteiger partial charge in [0.15, 0.2) is 11.6 Å². The molecular formula is C23H22N8O. The van der Waals surface area contributed by atoms with Gasteiger partial charge in [-0.3, -0.25) is 4.79 Å². The van der Waals surface area contributed by atoms with Crippen LogP contribution in [-0.4, -0.2) is 61.9 Å². The summed E-state index contributed by atoms with van der Waals surface area (Å²) in [4.78, 5) is 21.3. The number of carbonyl (C=O) groups is 1. The van der Waals surface area contributed by atoms with Crippen LogP contribution >= 0.6 is 0 Å². The van der Waals surface area contributed by atoms with Crippen molar-refractivity contribution in [3.8, 4) is 5.69 Å². The van der Waals surface area contributed by atoms with E-state index in [4.69, 9.17) is 0 Å². The number of rotatable bonds is 5. The summed E-state index contributed by atoms with van der Waals surface area (Å²) in [7, 11) is 0. The van der Waals surface area contributed by atoms with Gasteiger partial charge in [0, 0.05) is 50.3 Å². The zero-order valence-corrected chi connectivity index (χ0v) is 17.4. The number of piperazine rings is 1. The van der Waals surface area contributed by atoms with Crippen molar-refractivity contribution in [2.75, 3.05) is 36.4 Å². The molecule has 4 heterocycles. The quantitative estimate of drug-likeness (QED) is 0.525. The molecule has 1 aromatic carbocycles. The lowest BCUT2D eigenvalue weighted by Gasteiger charge is -2.35. The Hall–Kier alpha value is -4.27. The van der Waals surface area contributed by atoms with Gasteiger partial charge in [0.25, 0.3) is 5.91 Å². The molecule has 0 atom stereocenters. The molecule has 1 aliphatic heterocycles. The van der Waals surface area contributed by atoms with Crippen LogP contribution in [0.2, 0.25) is 0 Å². The van der Waals surface area contributed by atoms with Crippen LogP contribution in [0.5, 0.6) is 0 Å². The standard InChI is InChI=1S/C23H22N8O/c32-23(18-5-3-6-19(17-18)31-12-4-11-25-31)30-15-13-29(14-16-30)22-9-8-21(27-28-22)26-20-7-1-2-10-24-20/h1-12,17H,13-16H2,(H,24,26,27). The third kappa shape index (κ3) is 4.27. The molecule has 0 bridgehead atoms. The first-order chi connectivity index (χ1) is 15.8. The monoisotopic (exact) mass is 426 g/mol. The molecule has 0 radical (unpaired) electrons. The number of benzene rings is 1. The SMILES string of the molecule is O=C(c1cccc(-n2cccn2)c1)N1CCN(c2ccc(Nc3ccccn3)nn2)CC1. The Balaban J connectivity index is 1.20. The number of pyridine rings is 1. The first kappa shape index (κ1) is 19.7. The molecule has 4 aromatic rings. The highest BCUT2D eigenvalue weighted by atomic mass is 16.2. The van der Waals surface area contributed by atoms with E-state index in [1.54, 1.807) is 17.1 Å². The summed E-state index contributed by atoms with van der Waals surface area (Å²) in [5.74, 6) is 2.18. The molecule has 1 N–H and O–H groups in total. The van der Waals surface area contributed by atoms with Crippen LogP contribution in [0.15, 0.2) is 79.3 Å². The largest absolute Gasteiger partial charge is 0.352 e. The van der Waals surface area contributed by atoms with Crippen LogP contribution in [-0.2, 0) is 0 Å². The van der Waals surface area contributed by atoms with Gasteiger partial charge in [-0.05, 0) is 48.5 Å². The number of nitrogens with zero attached hydrogens (tertiary/aromatic N) is 7. The Morgan fingerprint density at radius 2 is 1.75 bits per heavy atom. The van der Waals surface area contributed by atoms with Crippen molar-refractivity contribution in [2.45, 2.75) is 0 Å². The number of nitrogens with one attached hydrogen (secondary N) is 1. The first-order valence-electron chi connectivity index (χ1n) is 10.4. The molecule has 3 aromatic heterocycles. The highest BCUT2D eigenvalue weighted by Crippen LogP contribution is 2.18. The van der Waals surface area contributed by atoms with Gasteiger partial charge in [-0.15, -0.1) is 10.2 Å². The van der Waals surface area contributed by atoms with Crippen LogP contribution in [0.4, 0.5) is 17.5 Å². The lowest BCUT2D eigenvalue weighted by atomic mass is 10.1. The molecule has 160 valence electrons. The third-order valence-electron chi connectivity index (χ3n) is 5.32. The number of anilines is 3.